The van der Waals surface area contributed by atoms with Crippen LogP contribution in [0.3, 0.4) is 0 Å². The smallest absolute Gasteiger partial charge is 0.415 e. The number of ether oxygens (including phenoxy) is 2. The van der Waals surface area contributed by atoms with Gasteiger partial charge in [0.25, 0.3) is 11.2 Å². The fourth-order valence-corrected chi connectivity index (χ4v) is 3.44. The molecule has 26 heavy (non-hydrogen) atoms. The summed E-state index contributed by atoms with van der Waals surface area (Å²) in [6.45, 7) is 1.12. The number of fused-ring (bicyclic) bond motifs is 1. The molecule has 2 N–H and O–H groups in total. The maximum absolute atomic E-state index is 12.6. The number of rotatable bonds is 4. The maximum Gasteiger partial charge on any atom is 0.415 e. The van der Waals surface area contributed by atoms with E-state index in [1.807, 2.05) is 30.3 Å². The highest BCUT2D eigenvalue weighted by molar-refractivity contribution is 5.90. The van der Waals surface area contributed by atoms with E-state index in [-0.39, 0.29) is 6.10 Å². The average molecular weight is 354 g/mol. The van der Waals surface area contributed by atoms with E-state index in [1.54, 1.807) is 17.9 Å². The number of benzene rings is 1. The third-order valence-electron chi connectivity index (χ3n) is 4.75. The van der Waals surface area contributed by atoms with Crippen molar-refractivity contribution in [2.75, 3.05) is 13.7 Å². The van der Waals surface area contributed by atoms with E-state index in [4.69, 9.17) is 9.47 Å². The van der Waals surface area contributed by atoms with Gasteiger partial charge in [0.2, 0.25) is 0 Å². The number of nitrogens with one attached hydrogen (secondary N) is 2. The Kier molecular flexibility index (Phi) is 4.30. The third-order valence-corrected chi connectivity index (χ3v) is 4.75. The lowest BCUT2D eigenvalue weighted by molar-refractivity contribution is -0.350. The SMILES string of the molecule is COc1ccc(-c2cc[nH+]c3c2c(=O)[nH]c(=O)n3CC2CCCO2)cc1. The molecule has 0 amide bonds. The van der Waals surface area contributed by atoms with Crippen molar-refractivity contribution in [2.24, 2.45) is 0 Å². The van der Waals surface area contributed by atoms with E-state index < -0.39 is 11.2 Å². The molecular weight excluding hydrogens is 334 g/mol. The zero-order chi connectivity index (χ0) is 18.1. The predicted molar refractivity (Wildman–Crippen MR) is 96.3 cm³/mol. The molecule has 0 bridgehead atoms. The van der Waals surface area contributed by atoms with Gasteiger partial charge in [-0.1, -0.05) is 12.1 Å². The first kappa shape index (κ1) is 16.5. The van der Waals surface area contributed by atoms with E-state index in [0.717, 1.165) is 29.7 Å². The Labute approximate surface area is 149 Å². The van der Waals surface area contributed by atoms with Gasteiger partial charge in [-0.15, -0.1) is 0 Å². The lowest BCUT2D eigenvalue weighted by atomic mass is 10.0. The molecule has 3 aromatic rings. The van der Waals surface area contributed by atoms with Crippen molar-refractivity contribution >= 4 is 11.0 Å². The Hall–Kier alpha value is -2.93. The highest BCUT2D eigenvalue weighted by atomic mass is 16.5. The Bertz CT molecular complexity index is 1050. The fraction of sp³-hybridized carbons (Fsp3) is 0.316. The minimum Gasteiger partial charge on any atom is -0.497 e. The second kappa shape index (κ2) is 6.76. The van der Waals surface area contributed by atoms with Gasteiger partial charge in [0, 0.05) is 12.2 Å². The summed E-state index contributed by atoms with van der Waals surface area (Å²) in [5.74, 6) is 0.741. The Morgan fingerprint density at radius 2 is 2.08 bits per heavy atom. The summed E-state index contributed by atoms with van der Waals surface area (Å²) in [4.78, 5) is 30.5. The van der Waals surface area contributed by atoms with Crippen LogP contribution in [0, 0.1) is 0 Å². The number of hydrogen-bond acceptors (Lipinski definition) is 4. The van der Waals surface area contributed by atoms with E-state index in [0.29, 0.717) is 24.2 Å². The molecule has 1 aromatic carbocycles. The molecule has 7 nitrogen and oxygen atoms in total. The Morgan fingerprint density at radius 1 is 1.27 bits per heavy atom. The van der Waals surface area contributed by atoms with Crippen LogP contribution in [-0.4, -0.2) is 29.4 Å². The summed E-state index contributed by atoms with van der Waals surface area (Å²) in [6, 6.07) is 9.30. The summed E-state index contributed by atoms with van der Waals surface area (Å²) < 4.78 is 12.4. The molecule has 134 valence electrons. The molecule has 1 unspecified atom stereocenters. The standard InChI is InChI=1S/C19H19N3O4/c1-25-13-6-4-12(5-7-13)15-8-9-20-17-16(15)18(23)21-19(24)22(17)11-14-3-2-10-26-14/h4-9,14H,2-3,10-11H2,1H3,(H,21,23,24)/p+1. The van der Waals surface area contributed by atoms with Crippen LogP contribution in [0.5, 0.6) is 5.75 Å². The second-order valence-electron chi connectivity index (χ2n) is 6.35. The van der Waals surface area contributed by atoms with Crippen molar-refractivity contribution in [3.05, 3.63) is 57.4 Å². The lowest BCUT2D eigenvalue weighted by Gasteiger charge is -2.10. The molecule has 0 aliphatic carbocycles. The molecule has 1 fully saturated rings. The summed E-state index contributed by atoms with van der Waals surface area (Å²) in [6.07, 6.45) is 3.62. The first-order valence-electron chi connectivity index (χ1n) is 8.61. The number of methoxy groups -OCH3 is 1. The maximum atomic E-state index is 12.6. The zero-order valence-corrected chi connectivity index (χ0v) is 14.5. The first-order valence-corrected chi connectivity index (χ1v) is 8.61. The largest absolute Gasteiger partial charge is 0.497 e. The van der Waals surface area contributed by atoms with Crippen LogP contribution in [-0.2, 0) is 11.3 Å². The van der Waals surface area contributed by atoms with Gasteiger partial charge < -0.3 is 9.47 Å². The van der Waals surface area contributed by atoms with Gasteiger partial charge in [-0.05, 0) is 36.6 Å². The van der Waals surface area contributed by atoms with E-state index in [9.17, 15) is 9.59 Å². The molecule has 1 aliphatic heterocycles. The Balaban J connectivity index is 1.89. The number of aromatic amines is 2. The van der Waals surface area contributed by atoms with Gasteiger partial charge in [0.1, 0.15) is 17.7 Å². The van der Waals surface area contributed by atoms with E-state index in [1.165, 1.54) is 0 Å². The first-order chi connectivity index (χ1) is 12.7. The van der Waals surface area contributed by atoms with Crippen molar-refractivity contribution in [1.29, 1.82) is 0 Å². The molecule has 7 heteroatoms. The normalized spacial score (nSPS) is 16.9. The monoisotopic (exact) mass is 354 g/mol. The quantitative estimate of drug-likeness (QED) is 0.766. The third kappa shape index (κ3) is 2.90. The number of nitrogens with zero attached hydrogens (tertiary/aromatic N) is 1. The van der Waals surface area contributed by atoms with Crippen LogP contribution in [0.4, 0.5) is 0 Å². The minimum absolute atomic E-state index is 0.0140. The van der Waals surface area contributed by atoms with Crippen LogP contribution < -0.4 is 21.0 Å². The summed E-state index contributed by atoms with van der Waals surface area (Å²) in [5, 5.41) is 0.454. The van der Waals surface area contributed by atoms with Gasteiger partial charge >= 0.3 is 5.69 Å². The van der Waals surface area contributed by atoms with Crippen molar-refractivity contribution < 1.29 is 14.5 Å². The van der Waals surface area contributed by atoms with Crippen molar-refractivity contribution in [1.82, 2.24) is 9.55 Å². The van der Waals surface area contributed by atoms with E-state index >= 15 is 0 Å². The van der Waals surface area contributed by atoms with E-state index in [2.05, 4.69) is 9.97 Å². The number of hydrogen-bond donors (Lipinski definition) is 1. The number of H-pyrrole nitrogens is 2. The van der Waals surface area contributed by atoms with Crippen LogP contribution in [0.2, 0.25) is 0 Å². The summed E-state index contributed by atoms with van der Waals surface area (Å²) >= 11 is 0. The minimum atomic E-state index is -0.430. The van der Waals surface area contributed by atoms with Crippen molar-refractivity contribution in [3.63, 3.8) is 0 Å². The van der Waals surface area contributed by atoms with Gasteiger partial charge in [-0.25, -0.2) is 9.78 Å². The Morgan fingerprint density at radius 3 is 2.77 bits per heavy atom. The molecule has 1 aliphatic rings. The predicted octanol–water partition coefficient (Wildman–Crippen LogP) is 1.36. The van der Waals surface area contributed by atoms with Crippen LogP contribution in [0.15, 0.2) is 46.1 Å². The molecule has 1 saturated heterocycles. The number of pyridine rings is 1. The van der Waals surface area contributed by atoms with Crippen LogP contribution in [0.25, 0.3) is 22.2 Å². The van der Waals surface area contributed by atoms with Gasteiger partial charge in [-0.2, -0.15) is 4.57 Å². The molecule has 3 heterocycles. The van der Waals surface area contributed by atoms with Crippen molar-refractivity contribution in [2.45, 2.75) is 25.5 Å². The fourth-order valence-electron chi connectivity index (χ4n) is 3.44. The second-order valence-corrected chi connectivity index (χ2v) is 6.35. The topological polar surface area (TPSA) is 87.5 Å². The summed E-state index contributed by atoms with van der Waals surface area (Å²) in [5.41, 5.74) is 1.29. The van der Waals surface area contributed by atoms with Crippen LogP contribution >= 0.6 is 0 Å². The van der Waals surface area contributed by atoms with Crippen LogP contribution in [0.1, 0.15) is 12.8 Å². The molecule has 2 aromatic heterocycles. The molecular formula is C19H20N3O4+. The highest BCUT2D eigenvalue weighted by Crippen LogP contribution is 2.25. The van der Waals surface area contributed by atoms with Gasteiger partial charge in [-0.3, -0.25) is 9.78 Å². The van der Waals surface area contributed by atoms with Gasteiger partial charge in [0.15, 0.2) is 0 Å². The summed E-state index contributed by atoms with van der Waals surface area (Å²) in [7, 11) is 1.61. The average Bonchev–Trinajstić information content (AvgIpc) is 3.18. The number of aromatic nitrogens is 3. The molecule has 0 saturated carbocycles. The molecule has 1 atom stereocenters. The highest BCUT2D eigenvalue weighted by Gasteiger charge is 2.24. The van der Waals surface area contributed by atoms with Crippen molar-refractivity contribution in [3.8, 4) is 16.9 Å². The molecule has 0 radical (unpaired) electrons. The lowest BCUT2D eigenvalue weighted by Crippen LogP contribution is -2.36. The molecule has 4 rings (SSSR count). The van der Waals surface area contributed by atoms with Gasteiger partial charge in [0.05, 0.1) is 19.4 Å². The molecule has 0 spiro atoms. The zero-order valence-electron chi connectivity index (χ0n) is 14.5.